The lowest BCUT2D eigenvalue weighted by Crippen LogP contribution is -2.44. The van der Waals surface area contributed by atoms with Crippen LogP contribution in [0.5, 0.6) is 5.75 Å². The van der Waals surface area contributed by atoms with E-state index >= 15 is 0 Å². The number of urea groups is 1. The minimum atomic E-state index is -0.445. The summed E-state index contributed by atoms with van der Waals surface area (Å²) in [5.74, 6) is 0.546. The molecule has 1 atom stereocenters. The molecule has 1 aromatic rings. The lowest BCUT2D eigenvalue weighted by molar-refractivity contribution is 0.0883. The number of amides is 2. The van der Waals surface area contributed by atoms with Crippen LogP contribution in [0.2, 0.25) is 5.02 Å². The van der Waals surface area contributed by atoms with Crippen LogP contribution in [0, 0.1) is 0 Å². The fourth-order valence-electron chi connectivity index (χ4n) is 2.27. The molecule has 0 aliphatic carbocycles. The van der Waals surface area contributed by atoms with E-state index in [1.54, 1.807) is 30.2 Å². The second-order valence-electron chi connectivity index (χ2n) is 5.16. The Kier molecular flexibility index (Phi) is 6.30. The number of likely N-dealkylation sites (tertiary alicyclic amines) is 1. The highest BCUT2D eigenvalue weighted by Crippen LogP contribution is 2.28. The SMILES string of the molecule is COCCOc1ccc(NC(=O)N2CCCC(O)C2)cc1Cl. The van der Waals surface area contributed by atoms with Gasteiger partial charge in [0.25, 0.3) is 0 Å². The van der Waals surface area contributed by atoms with Crippen molar-refractivity contribution in [1.82, 2.24) is 4.90 Å². The van der Waals surface area contributed by atoms with E-state index in [1.165, 1.54) is 0 Å². The molecule has 0 spiro atoms. The standard InChI is InChI=1S/C15H21ClN2O4/c1-21-7-8-22-14-5-4-11(9-13(14)16)17-15(20)18-6-2-3-12(19)10-18/h4-5,9,12,19H,2-3,6-8,10H2,1H3,(H,17,20). The minimum Gasteiger partial charge on any atom is -0.490 e. The van der Waals surface area contributed by atoms with Gasteiger partial charge in [0.15, 0.2) is 0 Å². The molecular weight excluding hydrogens is 308 g/mol. The van der Waals surface area contributed by atoms with Crippen molar-refractivity contribution in [2.24, 2.45) is 0 Å². The zero-order valence-electron chi connectivity index (χ0n) is 12.5. The van der Waals surface area contributed by atoms with Crippen molar-refractivity contribution in [1.29, 1.82) is 0 Å². The van der Waals surface area contributed by atoms with Gasteiger partial charge in [-0.3, -0.25) is 0 Å². The van der Waals surface area contributed by atoms with E-state index in [-0.39, 0.29) is 6.03 Å². The van der Waals surface area contributed by atoms with Crippen molar-refractivity contribution in [2.45, 2.75) is 18.9 Å². The number of carbonyl (C=O) groups is 1. The molecule has 1 aliphatic rings. The highest BCUT2D eigenvalue weighted by atomic mass is 35.5. The molecule has 122 valence electrons. The maximum absolute atomic E-state index is 12.1. The Balaban J connectivity index is 1.92. The average Bonchev–Trinajstić information content (AvgIpc) is 2.49. The summed E-state index contributed by atoms with van der Waals surface area (Å²) in [6.07, 6.45) is 1.10. The normalized spacial score (nSPS) is 18.1. The monoisotopic (exact) mass is 328 g/mol. The largest absolute Gasteiger partial charge is 0.490 e. The van der Waals surface area contributed by atoms with Crippen LogP contribution in [-0.4, -0.2) is 55.6 Å². The van der Waals surface area contributed by atoms with Crippen LogP contribution in [0.4, 0.5) is 10.5 Å². The van der Waals surface area contributed by atoms with Crippen LogP contribution < -0.4 is 10.1 Å². The molecule has 0 aromatic heterocycles. The molecule has 2 rings (SSSR count). The number of hydrogen-bond donors (Lipinski definition) is 2. The topological polar surface area (TPSA) is 71.0 Å². The van der Waals surface area contributed by atoms with Gasteiger partial charge in [0.05, 0.1) is 17.7 Å². The van der Waals surface area contributed by atoms with E-state index in [0.29, 0.717) is 42.8 Å². The van der Waals surface area contributed by atoms with Crippen LogP contribution in [0.25, 0.3) is 0 Å². The van der Waals surface area contributed by atoms with E-state index in [2.05, 4.69) is 5.32 Å². The minimum absolute atomic E-state index is 0.233. The van der Waals surface area contributed by atoms with Gasteiger partial charge >= 0.3 is 6.03 Å². The Hall–Kier alpha value is -1.50. The van der Waals surface area contributed by atoms with E-state index in [9.17, 15) is 9.90 Å². The van der Waals surface area contributed by atoms with Crippen LogP contribution in [0.1, 0.15) is 12.8 Å². The molecule has 22 heavy (non-hydrogen) atoms. The van der Waals surface area contributed by atoms with Crippen LogP contribution >= 0.6 is 11.6 Å². The van der Waals surface area contributed by atoms with Gasteiger partial charge in [-0.1, -0.05) is 11.6 Å². The third kappa shape index (κ3) is 4.76. The van der Waals surface area contributed by atoms with Crippen LogP contribution in [0.15, 0.2) is 18.2 Å². The van der Waals surface area contributed by atoms with Gasteiger partial charge in [0.1, 0.15) is 12.4 Å². The van der Waals surface area contributed by atoms with Crippen molar-refractivity contribution in [2.75, 3.05) is 38.7 Å². The van der Waals surface area contributed by atoms with Crippen molar-refractivity contribution < 1.29 is 19.4 Å². The first-order valence-electron chi connectivity index (χ1n) is 7.25. The Morgan fingerprint density at radius 1 is 1.50 bits per heavy atom. The summed E-state index contributed by atoms with van der Waals surface area (Å²) >= 11 is 6.13. The number of aliphatic hydroxyl groups excluding tert-OH is 1. The molecule has 6 nitrogen and oxygen atoms in total. The highest BCUT2D eigenvalue weighted by molar-refractivity contribution is 6.32. The number of nitrogens with zero attached hydrogens (tertiary/aromatic N) is 1. The number of benzene rings is 1. The molecule has 0 bridgehead atoms. The van der Waals surface area contributed by atoms with Gasteiger partial charge in [0.2, 0.25) is 0 Å². The number of anilines is 1. The molecule has 1 aromatic carbocycles. The number of piperidine rings is 1. The molecule has 1 heterocycles. The summed E-state index contributed by atoms with van der Waals surface area (Å²) in [6, 6.07) is 4.84. The summed E-state index contributed by atoms with van der Waals surface area (Å²) < 4.78 is 10.4. The first-order valence-corrected chi connectivity index (χ1v) is 7.63. The number of rotatable bonds is 5. The third-order valence-corrected chi connectivity index (χ3v) is 3.71. The number of aliphatic hydroxyl groups is 1. The molecule has 0 saturated carbocycles. The Labute approximate surface area is 135 Å². The Morgan fingerprint density at radius 3 is 3.00 bits per heavy atom. The van der Waals surface area contributed by atoms with Gasteiger partial charge in [-0.05, 0) is 31.0 Å². The van der Waals surface area contributed by atoms with E-state index in [0.717, 1.165) is 12.8 Å². The van der Waals surface area contributed by atoms with Crippen molar-refractivity contribution in [3.8, 4) is 5.75 Å². The molecular formula is C15H21ClN2O4. The molecule has 2 N–H and O–H groups in total. The number of halogens is 1. The molecule has 0 radical (unpaired) electrons. The van der Waals surface area contributed by atoms with Crippen molar-refractivity contribution in [3.05, 3.63) is 23.2 Å². The predicted octanol–water partition coefficient (Wildman–Crippen LogP) is 2.35. The van der Waals surface area contributed by atoms with Gasteiger partial charge in [-0.15, -0.1) is 0 Å². The average molecular weight is 329 g/mol. The summed E-state index contributed by atoms with van der Waals surface area (Å²) in [6.45, 7) is 1.90. The summed E-state index contributed by atoms with van der Waals surface area (Å²) in [5.41, 5.74) is 0.592. The fraction of sp³-hybridized carbons (Fsp3) is 0.533. The van der Waals surface area contributed by atoms with Gasteiger partial charge < -0.3 is 24.8 Å². The maximum atomic E-state index is 12.1. The zero-order valence-corrected chi connectivity index (χ0v) is 13.3. The number of methoxy groups -OCH3 is 1. The van der Waals surface area contributed by atoms with Gasteiger partial charge in [-0.2, -0.15) is 0 Å². The van der Waals surface area contributed by atoms with E-state index < -0.39 is 6.10 Å². The van der Waals surface area contributed by atoms with Crippen LogP contribution in [0.3, 0.4) is 0 Å². The quantitative estimate of drug-likeness (QED) is 0.814. The molecule has 1 unspecified atom stereocenters. The first kappa shape index (κ1) is 16.9. The summed E-state index contributed by atoms with van der Waals surface area (Å²) in [7, 11) is 1.60. The highest BCUT2D eigenvalue weighted by Gasteiger charge is 2.22. The van der Waals surface area contributed by atoms with E-state index in [4.69, 9.17) is 21.1 Å². The molecule has 1 fully saturated rings. The van der Waals surface area contributed by atoms with Crippen molar-refractivity contribution in [3.63, 3.8) is 0 Å². The zero-order chi connectivity index (χ0) is 15.9. The lowest BCUT2D eigenvalue weighted by atomic mass is 10.1. The predicted molar refractivity (Wildman–Crippen MR) is 84.7 cm³/mol. The molecule has 1 aliphatic heterocycles. The second kappa shape index (κ2) is 8.22. The number of ether oxygens (including phenoxy) is 2. The van der Waals surface area contributed by atoms with Crippen LogP contribution in [-0.2, 0) is 4.74 Å². The molecule has 1 saturated heterocycles. The number of carbonyl (C=O) groups excluding carboxylic acids is 1. The molecule has 7 heteroatoms. The fourth-order valence-corrected chi connectivity index (χ4v) is 2.51. The first-order chi connectivity index (χ1) is 10.6. The smallest absolute Gasteiger partial charge is 0.321 e. The van der Waals surface area contributed by atoms with E-state index in [1.807, 2.05) is 0 Å². The van der Waals surface area contributed by atoms with Gasteiger partial charge in [0, 0.05) is 25.9 Å². The number of nitrogens with one attached hydrogen (secondary N) is 1. The summed E-state index contributed by atoms with van der Waals surface area (Å²) in [5, 5.41) is 12.8. The third-order valence-electron chi connectivity index (χ3n) is 3.41. The maximum Gasteiger partial charge on any atom is 0.321 e. The van der Waals surface area contributed by atoms with Crippen molar-refractivity contribution >= 4 is 23.3 Å². The second-order valence-corrected chi connectivity index (χ2v) is 5.57. The number of hydrogen-bond acceptors (Lipinski definition) is 4. The van der Waals surface area contributed by atoms with Gasteiger partial charge in [-0.25, -0.2) is 4.79 Å². The lowest BCUT2D eigenvalue weighted by Gasteiger charge is -2.30. The summed E-state index contributed by atoms with van der Waals surface area (Å²) in [4.78, 5) is 13.7. The number of β-amino-alcohol motifs (C(OH)–C–C–N with tert-alkyl or cyclic N) is 1. The Morgan fingerprint density at radius 2 is 2.32 bits per heavy atom. The Bertz CT molecular complexity index is 512. The molecule has 2 amide bonds.